The Kier molecular flexibility index (Phi) is 6.91. The van der Waals surface area contributed by atoms with Gasteiger partial charge in [0, 0.05) is 13.0 Å². The molecule has 122 valence electrons. The van der Waals surface area contributed by atoms with Gasteiger partial charge < -0.3 is 10.6 Å². The van der Waals surface area contributed by atoms with Crippen LogP contribution in [0.15, 0.2) is 24.3 Å². The molecule has 0 bridgehead atoms. The Morgan fingerprint density at radius 1 is 1.32 bits per heavy atom. The highest BCUT2D eigenvalue weighted by Crippen LogP contribution is 2.22. The van der Waals surface area contributed by atoms with Crippen LogP contribution < -0.4 is 10.6 Å². The Balaban J connectivity index is 1.66. The molecule has 2 rings (SSSR count). The van der Waals surface area contributed by atoms with Gasteiger partial charge in [-0.05, 0) is 61.7 Å². The maximum Gasteiger partial charge on any atom is 0.220 e. The summed E-state index contributed by atoms with van der Waals surface area (Å²) in [4.78, 5) is 12.1. The number of hydrogen-bond acceptors (Lipinski definition) is 2. The average Bonchev–Trinajstić information content (AvgIpc) is 2.56. The topological polar surface area (TPSA) is 41.1 Å². The molecule has 1 aliphatic rings. The van der Waals surface area contributed by atoms with Crippen LogP contribution in [0.5, 0.6) is 0 Å². The molecule has 0 spiro atoms. The van der Waals surface area contributed by atoms with Crippen molar-refractivity contribution >= 4 is 5.91 Å². The molecule has 22 heavy (non-hydrogen) atoms. The summed E-state index contributed by atoms with van der Waals surface area (Å²) in [7, 11) is 0. The Labute approximate surface area is 134 Å². The lowest BCUT2D eigenvalue weighted by atomic mass is 9.85. The Bertz CT molecular complexity index is 449. The third-order valence-electron chi connectivity index (χ3n) is 4.81. The summed E-state index contributed by atoms with van der Waals surface area (Å²) in [5.74, 6) is 1.32. The van der Waals surface area contributed by atoms with E-state index < -0.39 is 0 Å². The fourth-order valence-electron chi connectivity index (χ4n) is 3.18. The molecule has 0 aromatic heterocycles. The van der Waals surface area contributed by atoms with Crippen molar-refractivity contribution < 1.29 is 4.79 Å². The fourth-order valence-corrected chi connectivity index (χ4v) is 3.18. The van der Waals surface area contributed by atoms with Gasteiger partial charge in [-0.3, -0.25) is 4.79 Å². The first-order valence-corrected chi connectivity index (χ1v) is 8.74. The minimum atomic E-state index is 0.197. The summed E-state index contributed by atoms with van der Waals surface area (Å²) in [6.45, 7) is 7.31. The number of carbonyl (C=O) groups is 1. The molecule has 0 radical (unpaired) electrons. The van der Waals surface area contributed by atoms with E-state index in [9.17, 15) is 4.79 Å². The van der Waals surface area contributed by atoms with E-state index in [0.717, 1.165) is 32.5 Å². The first-order chi connectivity index (χ1) is 10.7. The minimum Gasteiger partial charge on any atom is -0.356 e. The molecule has 0 aliphatic carbocycles. The van der Waals surface area contributed by atoms with Gasteiger partial charge >= 0.3 is 0 Å². The molecule has 3 nitrogen and oxygen atoms in total. The summed E-state index contributed by atoms with van der Waals surface area (Å²) in [6, 6.07) is 8.69. The Morgan fingerprint density at radius 2 is 2.05 bits per heavy atom. The molecule has 3 heteroatoms. The number of nitrogens with one attached hydrogen (secondary N) is 2. The van der Waals surface area contributed by atoms with Crippen LogP contribution in [0, 0.1) is 11.8 Å². The van der Waals surface area contributed by atoms with Crippen molar-refractivity contribution in [1.82, 2.24) is 10.6 Å². The average molecular weight is 302 g/mol. The molecule has 1 saturated heterocycles. The van der Waals surface area contributed by atoms with Gasteiger partial charge in [-0.15, -0.1) is 0 Å². The monoisotopic (exact) mass is 302 g/mol. The zero-order valence-electron chi connectivity index (χ0n) is 14.0. The molecule has 0 saturated carbocycles. The quantitative estimate of drug-likeness (QED) is 0.813. The first kappa shape index (κ1) is 17.0. The maximum absolute atomic E-state index is 12.1. The van der Waals surface area contributed by atoms with Crippen molar-refractivity contribution in [2.75, 3.05) is 19.6 Å². The number of carbonyl (C=O) groups excluding carboxylic acids is 1. The number of benzene rings is 1. The summed E-state index contributed by atoms with van der Waals surface area (Å²) >= 11 is 0. The lowest BCUT2D eigenvalue weighted by molar-refractivity contribution is -0.122. The third kappa shape index (κ3) is 5.45. The highest BCUT2D eigenvalue weighted by atomic mass is 16.1. The zero-order valence-corrected chi connectivity index (χ0v) is 14.0. The van der Waals surface area contributed by atoms with Gasteiger partial charge in [0.25, 0.3) is 0 Å². The molecule has 1 aromatic carbocycles. The van der Waals surface area contributed by atoms with Crippen molar-refractivity contribution in [3.63, 3.8) is 0 Å². The number of hydrogen-bond donors (Lipinski definition) is 2. The first-order valence-electron chi connectivity index (χ1n) is 8.74. The largest absolute Gasteiger partial charge is 0.356 e. The summed E-state index contributed by atoms with van der Waals surface area (Å²) in [5.41, 5.74) is 2.66. The van der Waals surface area contributed by atoms with Crippen LogP contribution in [-0.4, -0.2) is 25.5 Å². The smallest absolute Gasteiger partial charge is 0.220 e. The summed E-state index contributed by atoms with van der Waals surface area (Å²) in [6.07, 6.45) is 5.14. The summed E-state index contributed by atoms with van der Waals surface area (Å²) < 4.78 is 0. The van der Waals surface area contributed by atoms with Crippen molar-refractivity contribution in [3.8, 4) is 0 Å². The second-order valence-corrected chi connectivity index (χ2v) is 6.56. The number of aryl methyl sites for hydroxylation is 1. The summed E-state index contributed by atoms with van der Waals surface area (Å²) in [5, 5.41) is 6.50. The number of piperidine rings is 1. The molecule has 2 unspecified atom stereocenters. The third-order valence-corrected chi connectivity index (χ3v) is 4.81. The van der Waals surface area contributed by atoms with Crippen LogP contribution in [0.3, 0.4) is 0 Å². The predicted octanol–water partition coefficient (Wildman–Crippen LogP) is 2.93. The van der Waals surface area contributed by atoms with Crippen LogP contribution >= 0.6 is 0 Å². The van der Waals surface area contributed by atoms with Gasteiger partial charge in [0.15, 0.2) is 0 Å². The van der Waals surface area contributed by atoms with E-state index in [4.69, 9.17) is 0 Å². The molecule has 1 amide bonds. The van der Waals surface area contributed by atoms with Crippen molar-refractivity contribution in [3.05, 3.63) is 35.4 Å². The van der Waals surface area contributed by atoms with E-state index in [0.29, 0.717) is 18.3 Å². The van der Waals surface area contributed by atoms with Crippen LogP contribution in [0.4, 0.5) is 0 Å². The standard InChI is InChI=1S/C19H30N2O/c1-3-16-6-8-17(9-7-16)10-12-21-19(22)13-15(2)18-5-4-11-20-14-18/h6-9,15,18,20H,3-5,10-14H2,1-2H3,(H,21,22). The van der Waals surface area contributed by atoms with Crippen LogP contribution in [0.2, 0.25) is 0 Å². The van der Waals surface area contributed by atoms with Crippen LogP contribution in [0.25, 0.3) is 0 Å². The molecule has 1 aliphatic heterocycles. The molecule has 1 fully saturated rings. The SMILES string of the molecule is CCc1ccc(CCNC(=O)CC(C)C2CCCNC2)cc1. The molecular formula is C19H30N2O. The van der Waals surface area contributed by atoms with E-state index in [1.165, 1.54) is 24.0 Å². The van der Waals surface area contributed by atoms with Gasteiger partial charge in [0.05, 0.1) is 0 Å². The molecule has 2 N–H and O–H groups in total. The fraction of sp³-hybridized carbons (Fsp3) is 0.632. The van der Waals surface area contributed by atoms with E-state index in [2.05, 4.69) is 48.7 Å². The van der Waals surface area contributed by atoms with Crippen molar-refractivity contribution in [2.24, 2.45) is 11.8 Å². The minimum absolute atomic E-state index is 0.197. The Hall–Kier alpha value is -1.35. The normalized spacial score (nSPS) is 19.6. The van der Waals surface area contributed by atoms with E-state index in [-0.39, 0.29) is 5.91 Å². The number of rotatable bonds is 7. The van der Waals surface area contributed by atoms with E-state index in [1.807, 2.05) is 0 Å². The van der Waals surface area contributed by atoms with Crippen LogP contribution in [0.1, 0.15) is 44.2 Å². The van der Waals surface area contributed by atoms with Crippen molar-refractivity contribution in [2.45, 2.75) is 46.0 Å². The number of amides is 1. The van der Waals surface area contributed by atoms with Gasteiger partial charge in [0.2, 0.25) is 5.91 Å². The molecule has 2 atom stereocenters. The van der Waals surface area contributed by atoms with E-state index in [1.54, 1.807) is 0 Å². The molecule has 1 aromatic rings. The maximum atomic E-state index is 12.1. The van der Waals surface area contributed by atoms with Crippen molar-refractivity contribution in [1.29, 1.82) is 0 Å². The van der Waals surface area contributed by atoms with Gasteiger partial charge in [0.1, 0.15) is 0 Å². The zero-order chi connectivity index (χ0) is 15.8. The molecular weight excluding hydrogens is 272 g/mol. The lowest BCUT2D eigenvalue weighted by Crippen LogP contribution is -2.36. The van der Waals surface area contributed by atoms with Gasteiger partial charge in [-0.2, -0.15) is 0 Å². The second-order valence-electron chi connectivity index (χ2n) is 6.56. The highest BCUT2D eigenvalue weighted by Gasteiger charge is 2.21. The van der Waals surface area contributed by atoms with Gasteiger partial charge in [-0.25, -0.2) is 0 Å². The predicted molar refractivity (Wildman–Crippen MR) is 91.9 cm³/mol. The highest BCUT2D eigenvalue weighted by molar-refractivity contribution is 5.76. The molecule has 1 heterocycles. The lowest BCUT2D eigenvalue weighted by Gasteiger charge is -2.28. The van der Waals surface area contributed by atoms with Crippen LogP contribution in [-0.2, 0) is 17.6 Å². The Morgan fingerprint density at radius 3 is 2.68 bits per heavy atom. The van der Waals surface area contributed by atoms with E-state index >= 15 is 0 Å². The second kappa shape index (κ2) is 8.94. The van der Waals surface area contributed by atoms with Gasteiger partial charge in [-0.1, -0.05) is 38.1 Å².